The van der Waals surface area contributed by atoms with Gasteiger partial charge in [-0.05, 0) is 40.2 Å². The molecule has 15 heteroatoms. The first-order valence-corrected chi connectivity index (χ1v) is 15.4. The van der Waals surface area contributed by atoms with Gasteiger partial charge in [-0.15, -0.1) is 0 Å². The molecule has 0 bridgehead atoms. The van der Waals surface area contributed by atoms with Crippen LogP contribution < -0.4 is 11.1 Å². The molecule has 4 atom stereocenters. The molecule has 1 heterocycles. The first-order chi connectivity index (χ1) is 20.1. The Labute approximate surface area is 251 Å². The summed E-state index contributed by atoms with van der Waals surface area (Å²) in [5, 5.41) is 2.92. The Bertz CT molecular complexity index is 1440. The Morgan fingerprint density at radius 3 is 2.27 bits per heavy atom. The smallest absolute Gasteiger partial charge is 0.454 e. The molecule has 246 valence electrons. The van der Waals surface area contributed by atoms with E-state index in [1.807, 2.05) is 32.9 Å². The number of esters is 1. The van der Waals surface area contributed by atoms with Gasteiger partial charge in [-0.3, -0.25) is 0 Å². The lowest BCUT2D eigenvalue weighted by atomic mass is 9.86. The molecular formula is C29H35F7N2O5S. The Kier molecular flexibility index (Phi) is 10.7. The molecule has 1 aliphatic heterocycles. The first kappa shape index (κ1) is 35.6. The van der Waals surface area contributed by atoms with Gasteiger partial charge in [-0.1, -0.05) is 51.1 Å². The molecule has 7 nitrogen and oxygen atoms in total. The number of sulfone groups is 1. The van der Waals surface area contributed by atoms with Crippen molar-refractivity contribution < 1.29 is 53.4 Å². The van der Waals surface area contributed by atoms with Gasteiger partial charge in [-0.25, -0.2) is 17.6 Å². The number of carbonyl (C=O) groups excluding carboxylic acids is 1. The average Bonchev–Trinajstić information content (AvgIpc) is 2.88. The number of carbonyl (C=O) groups is 1. The minimum atomic E-state index is -5.39. The van der Waals surface area contributed by atoms with Crippen LogP contribution in [0.4, 0.5) is 36.4 Å². The summed E-state index contributed by atoms with van der Waals surface area (Å²) in [6.45, 7) is 5.96. The number of ether oxygens (including phenoxy) is 2. The fraction of sp³-hybridized carbons (Fsp3) is 0.552. The van der Waals surface area contributed by atoms with Crippen LogP contribution >= 0.6 is 0 Å². The van der Waals surface area contributed by atoms with Gasteiger partial charge < -0.3 is 20.5 Å². The summed E-state index contributed by atoms with van der Waals surface area (Å²) in [7, 11) is -3.12. The Balaban J connectivity index is 1.97. The normalized spacial score (nSPS) is 21.6. The van der Waals surface area contributed by atoms with Crippen LogP contribution in [0.2, 0.25) is 0 Å². The van der Waals surface area contributed by atoms with E-state index in [1.54, 1.807) is 12.1 Å². The zero-order valence-electron chi connectivity index (χ0n) is 24.5. The number of halogens is 7. The van der Waals surface area contributed by atoms with Crippen molar-refractivity contribution in [3.63, 3.8) is 0 Å². The molecule has 0 aromatic heterocycles. The molecule has 0 radical (unpaired) electrons. The maximum atomic E-state index is 14.8. The number of anilines is 1. The number of benzene rings is 2. The van der Waals surface area contributed by atoms with Crippen LogP contribution in [0, 0.1) is 11.7 Å². The predicted molar refractivity (Wildman–Crippen MR) is 149 cm³/mol. The molecule has 0 spiro atoms. The van der Waals surface area contributed by atoms with Crippen LogP contribution in [0.3, 0.4) is 0 Å². The Morgan fingerprint density at radius 1 is 1.05 bits per heavy atom. The number of alkyl halides is 6. The molecule has 0 aliphatic carbocycles. The second-order valence-corrected chi connectivity index (χ2v) is 14.1. The molecule has 0 saturated carbocycles. The summed E-state index contributed by atoms with van der Waals surface area (Å²) < 4.78 is 130. The van der Waals surface area contributed by atoms with Crippen molar-refractivity contribution in [3.8, 4) is 0 Å². The number of hydrogen-bond acceptors (Lipinski definition) is 7. The summed E-state index contributed by atoms with van der Waals surface area (Å²) >= 11 is 0. The summed E-state index contributed by atoms with van der Waals surface area (Å²) in [4.78, 5) is 11.9. The second-order valence-electron chi connectivity index (χ2n) is 12.0. The van der Waals surface area contributed by atoms with E-state index in [2.05, 4.69) is 10.1 Å². The van der Waals surface area contributed by atoms with Crippen LogP contribution in [0.1, 0.15) is 43.0 Å². The van der Waals surface area contributed by atoms with Crippen molar-refractivity contribution in [3.05, 3.63) is 64.5 Å². The van der Waals surface area contributed by atoms with E-state index in [1.165, 1.54) is 0 Å². The number of hydrogen-bond donors (Lipinski definition) is 2. The number of nitrogens with one attached hydrogen (secondary N) is 1. The molecule has 3 N–H and O–H groups in total. The lowest BCUT2D eigenvalue weighted by molar-refractivity contribution is -0.211. The molecule has 3 rings (SSSR count). The van der Waals surface area contributed by atoms with Crippen molar-refractivity contribution in [1.29, 1.82) is 0 Å². The quantitative estimate of drug-likeness (QED) is 0.221. The first-order valence-electron chi connectivity index (χ1n) is 13.6. The van der Waals surface area contributed by atoms with Gasteiger partial charge >= 0.3 is 18.3 Å². The third-order valence-corrected chi connectivity index (χ3v) is 9.23. The topological polar surface area (TPSA) is 108 Å². The van der Waals surface area contributed by atoms with Crippen LogP contribution in [0.5, 0.6) is 0 Å². The fourth-order valence-corrected chi connectivity index (χ4v) is 7.11. The highest BCUT2D eigenvalue weighted by molar-refractivity contribution is 7.91. The molecule has 1 aliphatic rings. The van der Waals surface area contributed by atoms with Crippen LogP contribution in [-0.4, -0.2) is 63.6 Å². The number of nitrogens with two attached hydrogens (primary N) is 1. The van der Waals surface area contributed by atoms with Crippen molar-refractivity contribution in [2.24, 2.45) is 5.92 Å². The number of methoxy groups -OCH3 is 1. The van der Waals surface area contributed by atoms with Crippen LogP contribution in [-0.2, 0) is 48.9 Å². The number of nitrogen functional groups attached to an aromatic ring is 1. The molecule has 2 aromatic rings. The molecule has 44 heavy (non-hydrogen) atoms. The van der Waals surface area contributed by atoms with Crippen LogP contribution in [0.15, 0.2) is 36.4 Å². The largest absolute Gasteiger partial charge is 0.490 e. The molecule has 0 unspecified atom stereocenters. The van der Waals surface area contributed by atoms with E-state index in [-0.39, 0.29) is 23.1 Å². The van der Waals surface area contributed by atoms with E-state index in [0.717, 1.165) is 24.8 Å². The van der Waals surface area contributed by atoms with E-state index >= 15 is 0 Å². The lowest BCUT2D eigenvalue weighted by Gasteiger charge is -2.38. The van der Waals surface area contributed by atoms with Crippen molar-refractivity contribution in [2.75, 3.05) is 24.3 Å². The minimum Gasteiger partial charge on any atom is -0.454 e. The van der Waals surface area contributed by atoms with E-state index in [4.69, 9.17) is 10.5 Å². The van der Waals surface area contributed by atoms with Crippen molar-refractivity contribution in [2.45, 2.75) is 76.2 Å². The van der Waals surface area contributed by atoms with Gasteiger partial charge in [-0.2, -0.15) is 26.3 Å². The van der Waals surface area contributed by atoms with Gasteiger partial charge in [0, 0.05) is 26.0 Å². The molecular weight excluding hydrogens is 621 g/mol. The fourth-order valence-electron chi connectivity index (χ4n) is 5.16. The monoisotopic (exact) mass is 656 g/mol. The van der Waals surface area contributed by atoms with Crippen LogP contribution in [0.25, 0.3) is 0 Å². The minimum absolute atomic E-state index is 0.0212. The highest BCUT2D eigenvalue weighted by Gasteiger charge is 2.48. The molecule has 1 saturated heterocycles. The standard InChI is InChI=1S/C29H35F7N2O5S/c1-27(2,3)20-7-5-6-16(10-20)13-38-22-15-44(40,41)14-19(25(22)43-26(39)29(34,35)36)9-17-8-18(24(37)21(30)11-17)12-23(42-4)28(31,32)33/h5-8,10-11,19,22-23,25,38H,9,12-15,37H2,1-4H3/t19-,22+,23+,25+/m1/s1. The van der Waals surface area contributed by atoms with E-state index < -0.39 is 88.2 Å². The van der Waals surface area contributed by atoms with Crippen molar-refractivity contribution in [1.82, 2.24) is 5.32 Å². The van der Waals surface area contributed by atoms with Gasteiger partial charge in [0.2, 0.25) is 0 Å². The summed E-state index contributed by atoms with van der Waals surface area (Å²) in [5.74, 6) is -6.32. The van der Waals surface area contributed by atoms with E-state index in [0.29, 0.717) is 5.56 Å². The second kappa shape index (κ2) is 13.2. The lowest BCUT2D eigenvalue weighted by Crippen LogP contribution is -2.57. The molecule has 0 amide bonds. The number of rotatable bonds is 9. The Morgan fingerprint density at radius 2 is 1.70 bits per heavy atom. The predicted octanol–water partition coefficient (Wildman–Crippen LogP) is 5.04. The highest BCUT2D eigenvalue weighted by Crippen LogP contribution is 2.33. The summed E-state index contributed by atoms with van der Waals surface area (Å²) in [6.07, 6.45) is -15.5. The highest BCUT2D eigenvalue weighted by atomic mass is 32.2. The SMILES string of the molecule is CO[C@@H](Cc1cc(C[C@@H]2CS(=O)(=O)C[C@H](NCc3cccc(C(C)(C)C)c3)[C@H]2OC(=O)C(F)(F)F)cc(F)c1N)C(F)(F)F. The Hall–Kier alpha value is -2.91. The third-order valence-electron chi connectivity index (χ3n) is 7.43. The van der Waals surface area contributed by atoms with E-state index in [9.17, 15) is 43.9 Å². The van der Waals surface area contributed by atoms with Gasteiger partial charge in [0.25, 0.3) is 0 Å². The van der Waals surface area contributed by atoms with Gasteiger partial charge in [0.1, 0.15) is 11.9 Å². The average molecular weight is 657 g/mol. The van der Waals surface area contributed by atoms with Crippen molar-refractivity contribution >= 4 is 21.5 Å². The molecule has 2 aromatic carbocycles. The zero-order valence-corrected chi connectivity index (χ0v) is 25.3. The molecule has 1 fully saturated rings. The van der Waals surface area contributed by atoms with Gasteiger partial charge in [0.15, 0.2) is 15.9 Å². The zero-order chi connectivity index (χ0) is 33.3. The summed E-state index contributed by atoms with van der Waals surface area (Å²) in [5.41, 5.74) is 6.17. The maximum Gasteiger partial charge on any atom is 0.490 e. The third kappa shape index (κ3) is 9.30. The van der Waals surface area contributed by atoms with Gasteiger partial charge in [0.05, 0.1) is 23.2 Å². The summed E-state index contributed by atoms with van der Waals surface area (Å²) in [6, 6.07) is 7.94. The maximum absolute atomic E-state index is 14.8.